The number of hydrogen-bond acceptors (Lipinski definition) is 2. The standard InChI is InChI=1S/C7H4BrClFNOS/c8-5-3-4(10)1-2-6(5)13-11-7(9)12/h1-3H,(H,11,12). The molecule has 0 aliphatic heterocycles. The van der Waals surface area contributed by atoms with Crippen LogP contribution in [0, 0.1) is 5.82 Å². The van der Waals surface area contributed by atoms with Crippen molar-refractivity contribution >= 4 is 44.8 Å². The Morgan fingerprint density at radius 1 is 1.62 bits per heavy atom. The molecular weight excluding hydrogens is 281 g/mol. The van der Waals surface area contributed by atoms with Crippen LogP contribution in [0.5, 0.6) is 0 Å². The molecule has 0 aromatic heterocycles. The molecule has 1 aromatic rings. The molecule has 1 amide bonds. The highest BCUT2D eigenvalue weighted by Crippen LogP contribution is 2.26. The predicted molar refractivity (Wildman–Crippen MR) is 54.3 cm³/mol. The Labute approximate surface area is 92.1 Å². The van der Waals surface area contributed by atoms with E-state index < -0.39 is 5.37 Å². The van der Waals surface area contributed by atoms with Gasteiger partial charge in [-0.05, 0) is 57.7 Å². The maximum atomic E-state index is 12.6. The van der Waals surface area contributed by atoms with Crippen LogP contribution in [0.15, 0.2) is 27.6 Å². The Balaban J connectivity index is 2.72. The molecule has 0 radical (unpaired) electrons. The smallest absolute Gasteiger partial charge is 0.282 e. The molecule has 13 heavy (non-hydrogen) atoms. The van der Waals surface area contributed by atoms with E-state index in [0.29, 0.717) is 9.37 Å². The van der Waals surface area contributed by atoms with Crippen LogP contribution in [-0.4, -0.2) is 5.37 Å². The maximum Gasteiger partial charge on any atom is 0.323 e. The van der Waals surface area contributed by atoms with Gasteiger partial charge in [-0.25, -0.2) is 4.39 Å². The number of benzene rings is 1. The van der Waals surface area contributed by atoms with Crippen molar-refractivity contribution in [1.82, 2.24) is 4.72 Å². The molecule has 0 bridgehead atoms. The summed E-state index contributed by atoms with van der Waals surface area (Å²) in [6.07, 6.45) is 0. The van der Waals surface area contributed by atoms with Gasteiger partial charge in [-0.3, -0.25) is 9.52 Å². The minimum absolute atomic E-state index is 0.339. The van der Waals surface area contributed by atoms with Gasteiger partial charge in [-0.2, -0.15) is 0 Å². The molecule has 0 saturated heterocycles. The van der Waals surface area contributed by atoms with Crippen molar-refractivity contribution in [2.45, 2.75) is 4.90 Å². The van der Waals surface area contributed by atoms with Gasteiger partial charge >= 0.3 is 5.37 Å². The topological polar surface area (TPSA) is 29.1 Å². The van der Waals surface area contributed by atoms with Gasteiger partial charge in [0.2, 0.25) is 0 Å². The zero-order valence-electron chi connectivity index (χ0n) is 6.18. The lowest BCUT2D eigenvalue weighted by Gasteiger charge is -2.02. The zero-order chi connectivity index (χ0) is 9.84. The van der Waals surface area contributed by atoms with E-state index in [9.17, 15) is 9.18 Å². The Kier molecular flexibility index (Phi) is 4.02. The highest BCUT2D eigenvalue weighted by atomic mass is 79.9. The van der Waals surface area contributed by atoms with E-state index >= 15 is 0 Å². The van der Waals surface area contributed by atoms with Gasteiger partial charge in [-0.1, -0.05) is 0 Å². The number of amides is 1. The van der Waals surface area contributed by atoms with Crippen LogP contribution in [0.3, 0.4) is 0 Å². The fourth-order valence-corrected chi connectivity index (χ4v) is 1.85. The summed E-state index contributed by atoms with van der Waals surface area (Å²) in [4.78, 5) is 11.0. The molecule has 6 heteroatoms. The number of rotatable bonds is 2. The Morgan fingerprint density at radius 2 is 2.31 bits per heavy atom. The summed E-state index contributed by atoms with van der Waals surface area (Å²) in [5, 5.41) is -0.666. The molecule has 70 valence electrons. The fourth-order valence-electron chi connectivity index (χ4n) is 0.653. The van der Waals surface area contributed by atoms with Crippen LogP contribution >= 0.6 is 39.5 Å². The lowest BCUT2D eigenvalue weighted by atomic mass is 10.3. The van der Waals surface area contributed by atoms with E-state index in [0.717, 1.165) is 11.9 Å². The van der Waals surface area contributed by atoms with Crippen molar-refractivity contribution in [2.75, 3.05) is 0 Å². The summed E-state index contributed by atoms with van der Waals surface area (Å²) in [7, 11) is 0. The molecule has 1 rings (SSSR count). The number of carbonyl (C=O) groups is 1. The maximum absolute atomic E-state index is 12.6. The van der Waals surface area contributed by atoms with Crippen LogP contribution in [0.25, 0.3) is 0 Å². The van der Waals surface area contributed by atoms with Crippen molar-refractivity contribution in [1.29, 1.82) is 0 Å². The van der Waals surface area contributed by atoms with Gasteiger partial charge in [0.05, 0.1) is 0 Å². The zero-order valence-corrected chi connectivity index (χ0v) is 9.34. The van der Waals surface area contributed by atoms with Gasteiger partial charge in [0.1, 0.15) is 5.82 Å². The average Bonchev–Trinajstić information content (AvgIpc) is 2.02. The van der Waals surface area contributed by atoms with Crippen LogP contribution in [0.1, 0.15) is 0 Å². The molecule has 0 saturated carbocycles. The summed E-state index contributed by atoms with van der Waals surface area (Å²) in [5.74, 6) is -0.339. The van der Waals surface area contributed by atoms with Crippen molar-refractivity contribution in [3.8, 4) is 0 Å². The number of nitrogens with one attached hydrogen (secondary N) is 1. The monoisotopic (exact) mass is 283 g/mol. The van der Waals surface area contributed by atoms with Crippen molar-refractivity contribution < 1.29 is 9.18 Å². The lowest BCUT2D eigenvalue weighted by molar-refractivity contribution is 0.264. The highest BCUT2D eigenvalue weighted by Gasteiger charge is 2.03. The normalized spacial score (nSPS) is 9.77. The third-order valence-electron chi connectivity index (χ3n) is 1.14. The van der Waals surface area contributed by atoms with Crippen LogP contribution < -0.4 is 4.72 Å². The first-order chi connectivity index (χ1) is 6.09. The second kappa shape index (κ2) is 4.83. The van der Waals surface area contributed by atoms with E-state index in [2.05, 4.69) is 20.7 Å². The predicted octanol–water partition coefficient (Wildman–Crippen LogP) is 3.54. The summed E-state index contributed by atoms with van der Waals surface area (Å²) < 4.78 is 15.5. The van der Waals surface area contributed by atoms with Crippen molar-refractivity contribution in [3.05, 3.63) is 28.5 Å². The third kappa shape index (κ3) is 3.54. The molecule has 0 heterocycles. The van der Waals surface area contributed by atoms with Gasteiger partial charge in [0.15, 0.2) is 0 Å². The SMILES string of the molecule is O=C(Cl)NSc1ccc(F)cc1Br. The van der Waals surface area contributed by atoms with Crippen LogP contribution in [-0.2, 0) is 0 Å². The highest BCUT2D eigenvalue weighted by molar-refractivity contribution is 9.10. The van der Waals surface area contributed by atoms with E-state index in [-0.39, 0.29) is 5.82 Å². The van der Waals surface area contributed by atoms with E-state index in [1.165, 1.54) is 18.2 Å². The van der Waals surface area contributed by atoms with Gasteiger partial charge in [-0.15, -0.1) is 0 Å². The van der Waals surface area contributed by atoms with E-state index in [1.54, 1.807) is 0 Å². The van der Waals surface area contributed by atoms with Crippen molar-refractivity contribution in [2.24, 2.45) is 0 Å². The Hall–Kier alpha value is -0.260. The van der Waals surface area contributed by atoms with E-state index in [1.807, 2.05) is 0 Å². The van der Waals surface area contributed by atoms with Crippen molar-refractivity contribution in [3.63, 3.8) is 0 Å². The summed E-state index contributed by atoms with van der Waals surface area (Å²) in [6, 6.07) is 4.15. The molecule has 0 aliphatic carbocycles. The largest absolute Gasteiger partial charge is 0.323 e. The van der Waals surface area contributed by atoms with Crippen LogP contribution in [0.2, 0.25) is 0 Å². The molecule has 2 nitrogen and oxygen atoms in total. The molecule has 0 unspecified atom stereocenters. The number of hydrogen-bond donors (Lipinski definition) is 1. The molecule has 1 aromatic carbocycles. The fraction of sp³-hybridized carbons (Fsp3) is 0. The summed E-state index contributed by atoms with van der Waals surface area (Å²) in [6.45, 7) is 0. The first-order valence-corrected chi connectivity index (χ1v) is 5.15. The number of carbonyl (C=O) groups excluding carboxylic acids is 1. The van der Waals surface area contributed by atoms with Crippen LogP contribution in [0.4, 0.5) is 9.18 Å². The lowest BCUT2D eigenvalue weighted by Crippen LogP contribution is -2.05. The Morgan fingerprint density at radius 3 is 2.85 bits per heavy atom. The van der Waals surface area contributed by atoms with Gasteiger partial charge in [0, 0.05) is 9.37 Å². The third-order valence-corrected chi connectivity index (χ3v) is 3.12. The van der Waals surface area contributed by atoms with E-state index in [4.69, 9.17) is 11.6 Å². The average molecular weight is 285 g/mol. The molecular formula is C7H4BrClFNOS. The van der Waals surface area contributed by atoms with Gasteiger partial charge in [0.25, 0.3) is 0 Å². The first-order valence-electron chi connectivity index (χ1n) is 3.17. The van der Waals surface area contributed by atoms with Gasteiger partial charge < -0.3 is 0 Å². The minimum Gasteiger partial charge on any atom is -0.282 e. The Bertz CT molecular complexity index is 336. The minimum atomic E-state index is -0.666. The number of halogens is 3. The first kappa shape index (κ1) is 10.8. The molecule has 1 N–H and O–H groups in total. The second-order valence-corrected chi connectivity index (χ2v) is 4.10. The molecule has 0 fully saturated rings. The molecule has 0 atom stereocenters. The summed E-state index contributed by atoms with van der Waals surface area (Å²) >= 11 is 9.21. The quantitative estimate of drug-likeness (QED) is 0.511. The molecule has 0 aliphatic rings. The molecule has 0 spiro atoms. The summed E-state index contributed by atoms with van der Waals surface area (Å²) in [5.41, 5.74) is 0. The second-order valence-electron chi connectivity index (χ2n) is 2.05.